The van der Waals surface area contributed by atoms with E-state index in [9.17, 15) is 13.2 Å². The number of anilines is 2. The highest BCUT2D eigenvalue weighted by Gasteiger charge is 2.17. The minimum Gasteiger partial charge on any atom is -0.497 e. The molecular formula is C24H26N2O6S. The number of hydrogen-bond donors (Lipinski definition) is 2. The van der Waals surface area contributed by atoms with Gasteiger partial charge in [0.2, 0.25) is 5.91 Å². The Kier molecular flexibility index (Phi) is 8.15. The van der Waals surface area contributed by atoms with Gasteiger partial charge < -0.3 is 19.5 Å². The van der Waals surface area contributed by atoms with Crippen LogP contribution in [-0.2, 0) is 14.8 Å². The Morgan fingerprint density at radius 3 is 2.27 bits per heavy atom. The lowest BCUT2D eigenvalue weighted by atomic mass is 10.2. The number of amides is 1. The van der Waals surface area contributed by atoms with Crippen molar-refractivity contribution < 1.29 is 27.4 Å². The Bertz CT molecular complexity index is 1170. The SMILES string of the molecule is COc1ccc(NS(=O)(=O)c2ccc(NC(=O)CCCOc3ccccc3)cc2)c(OC)c1. The number of carbonyl (C=O) groups is 1. The molecule has 3 aromatic rings. The van der Waals surface area contributed by atoms with E-state index < -0.39 is 10.0 Å². The monoisotopic (exact) mass is 470 g/mol. The van der Waals surface area contributed by atoms with Crippen molar-refractivity contribution in [3.05, 3.63) is 72.8 Å². The van der Waals surface area contributed by atoms with Crippen LogP contribution in [-0.4, -0.2) is 35.2 Å². The van der Waals surface area contributed by atoms with Gasteiger partial charge in [0.05, 0.1) is 31.4 Å². The van der Waals surface area contributed by atoms with Crippen molar-refractivity contribution in [2.24, 2.45) is 0 Å². The van der Waals surface area contributed by atoms with Gasteiger partial charge in [-0.25, -0.2) is 8.42 Å². The zero-order valence-electron chi connectivity index (χ0n) is 18.4. The van der Waals surface area contributed by atoms with Crippen molar-refractivity contribution >= 4 is 27.3 Å². The van der Waals surface area contributed by atoms with Gasteiger partial charge in [-0.3, -0.25) is 9.52 Å². The van der Waals surface area contributed by atoms with Crippen LogP contribution >= 0.6 is 0 Å². The average Bonchev–Trinajstić information content (AvgIpc) is 2.83. The number of sulfonamides is 1. The number of hydrogen-bond acceptors (Lipinski definition) is 6. The third kappa shape index (κ3) is 6.88. The van der Waals surface area contributed by atoms with E-state index in [1.807, 2.05) is 30.3 Å². The van der Waals surface area contributed by atoms with Gasteiger partial charge in [0.25, 0.3) is 10.0 Å². The molecule has 0 aromatic heterocycles. The molecule has 0 spiro atoms. The summed E-state index contributed by atoms with van der Waals surface area (Å²) in [7, 11) is -0.901. The Hall–Kier alpha value is -3.72. The first-order valence-electron chi connectivity index (χ1n) is 10.2. The summed E-state index contributed by atoms with van der Waals surface area (Å²) in [5, 5.41) is 2.76. The van der Waals surface area contributed by atoms with E-state index in [0.29, 0.717) is 30.2 Å². The van der Waals surface area contributed by atoms with Crippen LogP contribution in [0.15, 0.2) is 77.7 Å². The summed E-state index contributed by atoms with van der Waals surface area (Å²) in [4.78, 5) is 12.2. The fraction of sp³-hybridized carbons (Fsp3) is 0.208. The van der Waals surface area contributed by atoms with E-state index in [2.05, 4.69) is 10.0 Å². The molecule has 0 aliphatic carbocycles. The number of rotatable bonds is 11. The number of methoxy groups -OCH3 is 2. The summed E-state index contributed by atoms with van der Waals surface area (Å²) in [5.74, 6) is 1.46. The van der Waals surface area contributed by atoms with Gasteiger partial charge >= 0.3 is 0 Å². The molecule has 0 saturated heterocycles. The van der Waals surface area contributed by atoms with Crippen LogP contribution in [0, 0.1) is 0 Å². The zero-order chi connectivity index (χ0) is 23.7. The van der Waals surface area contributed by atoms with Gasteiger partial charge in [0.1, 0.15) is 17.2 Å². The van der Waals surface area contributed by atoms with Crippen LogP contribution in [0.5, 0.6) is 17.2 Å². The first-order chi connectivity index (χ1) is 15.9. The van der Waals surface area contributed by atoms with Gasteiger partial charge in [-0.2, -0.15) is 0 Å². The van der Waals surface area contributed by atoms with Crippen LogP contribution in [0.1, 0.15) is 12.8 Å². The third-order valence-electron chi connectivity index (χ3n) is 4.66. The smallest absolute Gasteiger partial charge is 0.262 e. The first-order valence-corrected chi connectivity index (χ1v) is 11.7. The number of para-hydroxylation sites is 1. The molecule has 9 heteroatoms. The molecule has 0 aliphatic heterocycles. The van der Waals surface area contributed by atoms with E-state index in [1.54, 1.807) is 18.2 Å². The van der Waals surface area contributed by atoms with E-state index in [1.165, 1.54) is 38.5 Å². The number of carbonyl (C=O) groups excluding carboxylic acids is 1. The Morgan fingerprint density at radius 1 is 0.879 bits per heavy atom. The molecule has 3 rings (SSSR count). The fourth-order valence-electron chi connectivity index (χ4n) is 2.97. The maximum absolute atomic E-state index is 12.7. The van der Waals surface area contributed by atoms with Crippen LogP contribution in [0.2, 0.25) is 0 Å². The van der Waals surface area contributed by atoms with Crippen molar-refractivity contribution in [1.82, 2.24) is 0 Å². The molecule has 0 heterocycles. The van der Waals surface area contributed by atoms with Crippen LogP contribution < -0.4 is 24.2 Å². The lowest BCUT2D eigenvalue weighted by Gasteiger charge is -2.13. The maximum atomic E-state index is 12.7. The van der Waals surface area contributed by atoms with Gasteiger partial charge in [-0.15, -0.1) is 0 Å². The lowest BCUT2D eigenvalue weighted by Crippen LogP contribution is -2.15. The summed E-state index contributed by atoms with van der Waals surface area (Å²) >= 11 is 0. The van der Waals surface area contributed by atoms with Crippen molar-refractivity contribution in [2.75, 3.05) is 30.9 Å². The summed E-state index contributed by atoms with van der Waals surface area (Å²) in [6, 6.07) is 20.1. The number of ether oxygens (including phenoxy) is 3. The largest absolute Gasteiger partial charge is 0.497 e. The van der Waals surface area contributed by atoms with E-state index in [-0.39, 0.29) is 22.9 Å². The Labute approximate surface area is 193 Å². The second kappa shape index (κ2) is 11.2. The van der Waals surface area contributed by atoms with Crippen LogP contribution in [0.3, 0.4) is 0 Å². The predicted octanol–water partition coefficient (Wildman–Crippen LogP) is 4.30. The lowest BCUT2D eigenvalue weighted by molar-refractivity contribution is -0.116. The summed E-state index contributed by atoms with van der Waals surface area (Å²) in [6.45, 7) is 0.426. The fourth-order valence-corrected chi connectivity index (χ4v) is 4.04. The van der Waals surface area contributed by atoms with Crippen molar-refractivity contribution in [3.63, 3.8) is 0 Å². The molecule has 0 atom stereocenters. The molecule has 0 fully saturated rings. The summed E-state index contributed by atoms with van der Waals surface area (Å²) < 4.78 is 43.9. The molecule has 0 saturated carbocycles. The molecule has 0 bridgehead atoms. The van der Waals surface area contributed by atoms with Gasteiger partial charge in [0, 0.05) is 18.2 Å². The maximum Gasteiger partial charge on any atom is 0.262 e. The highest BCUT2D eigenvalue weighted by atomic mass is 32.2. The van der Waals surface area contributed by atoms with Gasteiger partial charge in [0.15, 0.2) is 0 Å². The molecule has 0 unspecified atom stereocenters. The van der Waals surface area contributed by atoms with Crippen molar-refractivity contribution in [1.29, 1.82) is 0 Å². The van der Waals surface area contributed by atoms with E-state index in [0.717, 1.165) is 5.75 Å². The van der Waals surface area contributed by atoms with E-state index in [4.69, 9.17) is 14.2 Å². The minimum atomic E-state index is -3.85. The molecular weight excluding hydrogens is 444 g/mol. The molecule has 1 amide bonds. The average molecular weight is 471 g/mol. The molecule has 3 aromatic carbocycles. The van der Waals surface area contributed by atoms with E-state index >= 15 is 0 Å². The van der Waals surface area contributed by atoms with Crippen LogP contribution in [0.4, 0.5) is 11.4 Å². The second-order valence-electron chi connectivity index (χ2n) is 7.01. The minimum absolute atomic E-state index is 0.0506. The first kappa shape index (κ1) is 23.9. The van der Waals surface area contributed by atoms with Gasteiger partial charge in [-0.1, -0.05) is 18.2 Å². The van der Waals surface area contributed by atoms with Crippen LogP contribution in [0.25, 0.3) is 0 Å². The molecule has 174 valence electrons. The Morgan fingerprint density at radius 2 is 1.61 bits per heavy atom. The highest BCUT2D eigenvalue weighted by molar-refractivity contribution is 7.92. The molecule has 8 nitrogen and oxygen atoms in total. The summed E-state index contributed by atoms with van der Waals surface area (Å²) in [6.07, 6.45) is 0.840. The van der Waals surface area contributed by atoms with Crippen molar-refractivity contribution in [3.8, 4) is 17.2 Å². The standard InChI is InChI=1S/C24H26N2O6S/c1-30-20-12-15-22(23(17-20)31-2)26-33(28,29)21-13-10-18(11-14-21)25-24(27)9-6-16-32-19-7-4-3-5-8-19/h3-5,7-8,10-15,17,26H,6,9,16H2,1-2H3,(H,25,27). The molecule has 0 aliphatic rings. The number of benzene rings is 3. The van der Waals surface area contributed by atoms with Gasteiger partial charge in [-0.05, 0) is 55.0 Å². The summed E-state index contributed by atoms with van der Waals surface area (Å²) in [5.41, 5.74) is 0.790. The molecule has 33 heavy (non-hydrogen) atoms. The molecule has 2 N–H and O–H groups in total. The number of nitrogens with one attached hydrogen (secondary N) is 2. The predicted molar refractivity (Wildman–Crippen MR) is 127 cm³/mol. The van der Waals surface area contributed by atoms with Crippen molar-refractivity contribution in [2.45, 2.75) is 17.7 Å². The zero-order valence-corrected chi connectivity index (χ0v) is 19.2. The third-order valence-corrected chi connectivity index (χ3v) is 6.04. The normalized spacial score (nSPS) is 10.8. The highest BCUT2D eigenvalue weighted by Crippen LogP contribution is 2.31. The topological polar surface area (TPSA) is 103 Å². The quantitative estimate of drug-likeness (QED) is 0.405. The Balaban J connectivity index is 1.54. The second-order valence-corrected chi connectivity index (χ2v) is 8.69. The molecule has 0 radical (unpaired) electrons.